The number of carboxylic acids is 1. The first kappa shape index (κ1) is 13.7. The standard InChI is InChI=1S/C6H8N4O7S/c1-17-6(14)10-4(7)8-5(13)9(2-3(11)12)18(10,15)16/h2H2,1H3,(H,11,12)(H2,7,8,13). The molecule has 0 aromatic carbocycles. The van der Waals surface area contributed by atoms with Crippen molar-refractivity contribution >= 4 is 34.3 Å². The minimum absolute atomic E-state index is 0.114. The van der Waals surface area contributed by atoms with Crippen molar-refractivity contribution in [1.82, 2.24) is 8.61 Å². The first-order chi connectivity index (χ1) is 8.21. The summed E-state index contributed by atoms with van der Waals surface area (Å²) in [7, 11) is -3.89. The van der Waals surface area contributed by atoms with Crippen molar-refractivity contribution in [1.29, 1.82) is 0 Å². The number of aliphatic carboxylic acids is 1. The van der Waals surface area contributed by atoms with Crippen LogP contribution in [0.1, 0.15) is 0 Å². The molecule has 0 aromatic heterocycles. The molecule has 0 aliphatic carbocycles. The van der Waals surface area contributed by atoms with E-state index in [4.69, 9.17) is 10.8 Å². The second kappa shape index (κ2) is 4.48. The number of aliphatic imine (C=N–C) groups is 1. The van der Waals surface area contributed by atoms with Crippen LogP contribution in [0.2, 0.25) is 0 Å². The van der Waals surface area contributed by atoms with E-state index < -0.39 is 40.8 Å². The number of carbonyl (C=O) groups is 3. The van der Waals surface area contributed by atoms with E-state index >= 15 is 0 Å². The first-order valence-corrected chi connectivity index (χ1v) is 5.62. The largest absolute Gasteiger partial charge is 0.480 e. The number of carboxylic acid groups (broad SMARTS) is 1. The van der Waals surface area contributed by atoms with Gasteiger partial charge in [0.2, 0.25) is 5.96 Å². The van der Waals surface area contributed by atoms with Gasteiger partial charge in [-0.3, -0.25) is 4.79 Å². The van der Waals surface area contributed by atoms with Crippen LogP contribution in [-0.2, 0) is 19.7 Å². The van der Waals surface area contributed by atoms with Crippen molar-refractivity contribution in [2.45, 2.75) is 0 Å². The molecule has 0 radical (unpaired) electrons. The van der Waals surface area contributed by atoms with Gasteiger partial charge >= 0.3 is 28.3 Å². The molecule has 1 rings (SSSR count). The molecule has 0 bridgehead atoms. The quantitative estimate of drug-likeness (QED) is 0.595. The first-order valence-electron chi connectivity index (χ1n) is 4.22. The fourth-order valence-electron chi connectivity index (χ4n) is 1.06. The van der Waals surface area contributed by atoms with Crippen LogP contribution in [0, 0.1) is 0 Å². The molecule has 1 aliphatic heterocycles. The van der Waals surface area contributed by atoms with Gasteiger partial charge < -0.3 is 15.6 Å². The number of nitrogens with two attached hydrogens (primary N) is 1. The lowest BCUT2D eigenvalue weighted by atomic mass is 10.6. The summed E-state index contributed by atoms with van der Waals surface area (Å²) in [6.45, 7) is -1.19. The molecule has 0 aromatic rings. The van der Waals surface area contributed by atoms with Crippen molar-refractivity contribution in [3.8, 4) is 0 Å². The number of nitrogens with zero attached hydrogens (tertiary/aromatic N) is 3. The highest BCUT2D eigenvalue weighted by Gasteiger charge is 2.44. The summed E-state index contributed by atoms with van der Waals surface area (Å²) in [6, 6.07) is -1.41. The van der Waals surface area contributed by atoms with Gasteiger partial charge in [-0.2, -0.15) is 17.7 Å². The maximum atomic E-state index is 11.8. The topological polar surface area (TPSA) is 160 Å². The van der Waals surface area contributed by atoms with Crippen LogP contribution in [0.15, 0.2) is 4.99 Å². The van der Waals surface area contributed by atoms with Crippen molar-refractivity contribution < 1.29 is 32.6 Å². The summed E-state index contributed by atoms with van der Waals surface area (Å²) in [5, 5.41) is 8.49. The number of guanidine groups is 1. The van der Waals surface area contributed by atoms with Gasteiger partial charge in [-0.25, -0.2) is 9.59 Å². The summed E-state index contributed by atoms with van der Waals surface area (Å²) in [5.74, 6) is -2.53. The maximum Gasteiger partial charge on any atom is 0.432 e. The van der Waals surface area contributed by atoms with Gasteiger partial charge in [0.15, 0.2) is 0 Å². The predicted octanol–water partition coefficient (Wildman–Crippen LogP) is -1.87. The van der Waals surface area contributed by atoms with E-state index in [1.165, 1.54) is 0 Å². The highest BCUT2D eigenvalue weighted by Crippen LogP contribution is 2.16. The van der Waals surface area contributed by atoms with Gasteiger partial charge in [-0.15, -0.1) is 4.31 Å². The summed E-state index contributed by atoms with van der Waals surface area (Å²) < 4.78 is 27.5. The van der Waals surface area contributed by atoms with Crippen molar-refractivity contribution in [2.75, 3.05) is 13.7 Å². The predicted molar refractivity (Wildman–Crippen MR) is 54.5 cm³/mol. The molecule has 1 aliphatic rings. The van der Waals surface area contributed by atoms with Gasteiger partial charge in [0.25, 0.3) is 0 Å². The Hall–Kier alpha value is -2.37. The summed E-state index contributed by atoms with van der Waals surface area (Å²) in [6.07, 6.45) is -1.42. The van der Waals surface area contributed by atoms with Gasteiger partial charge in [-0.05, 0) is 0 Å². The van der Waals surface area contributed by atoms with Crippen molar-refractivity contribution in [3.63, 3.8) is 0 Å². The molecule has 3 N–H and O–H groups in total. The molecule has 0 atom stereocenters. The molecule has 0 fully saturated rings. The summed E-state index contributed by atoms with van der Waals surface area (Å²) in [4.78, 5) is 35.9. The van der Waals surface area contributed by atoms with Crippen LogP contribution in [0.5, 0.6) is 0 Å². The Morgan fingerprint density at radius 2 is 2.06 bits per heavy atom. The van der Waals surface area contributed by atoms with Crippen molar-refractivity contribution in [2.24, 2.45) is 10.7 Å². The average molecular weight is 280 g/mol. The number of carbonyl (C=O) groups excluding carboxylic acids is 2. The number of methoxy groups -OCH3 is 1. The molecule has 100 valence electrons. The number of ether oxygens (including phenoxy) is 1. The zero-order chi connectivity index (χ0) is 14.1. The van der Waals surface area contributed by atoms with E-state index in [1.807, 2.05) is 0 Å². The molecule has 18 heavy (non-hydrogen) atoms. The lowest BCUT2D eigenvalue weighted by Crippen LogP contribution is -2.58. The average Bonchev–Trinajstić information content (AvgIpc) is 2.23. The van der Waals surface area contributed by atoms with Crippen LogP contribution in [0.25, 0.3) is 0 Å². The van der Waals surface area contributed by atoms with Crippen LogP contribution >= 0.6 is 0 Å². The molecular formula is C6H8N4O7S. The van der Waals surface area contributed by atoms with E-state index in [9.17, 15) is 22.8 Å². The lowest BCUT2D eigenvalue weighted by molar-refractivity contribution is -0.136. The highest BCUT2D eigenvalue weighted by molar-refractivity contribution is 7.88. The zero-order valence-corrected chi connectivity index (χ0v) is 9.75. The smallest absolute Gasteiger partial charge is 0.432 e. The fourth-order valence-corrected chi connectivity index (χ4v) is 2.31. The second-order valence-electron chi connectivity index (χ2n) is 2.90. The number of hydrogen-bond acceptors (Lipinski definition) is 7. The zero-order valence-electron chi connectivity index (χ0n) is 8.93. The van der Waals surface area contributed by atoms with E-state index in [2.05, 4.69) is 9.73 Å². The monoisotopic (exact) mass is 280 g/mol. The Morgan fingerprint density at radius 1 is 1.50 bits per heavy atom. The number of urea groups is 1. The van der Waals surface area contributed by atoms with Gasteiger partial charge in [0, 0.05) is 0 Å². The Morgan fingerprint density at radius 3 is 2.50 bits per heavy atom. The molecule has 12 heteroatoms. The van der Waals surface area contributed by atoms with Crippen LogP contribution in [0.4, 0.5) is 9.59 Å². The molecule has 0 spiro atoms. The normalized spacial score (nSPS) is 18.3. The Bertz CT molecular complexity index is 538. The highest BCUT2D eigenvalue weighted by atomic mass is 32.2. The van der Waals surface area contributed by atoms with Crippen LogP contribution in [-0.4, -0.2) is 59.8 Å². The Labute approximate surface area is 101 Å². The van der Waals surface area contributed by atoms with Gasteiger partial charge in [0.05, 0.1) is 7.11 Å². The summed E-state index contributed by atoms with van der Waals surface area (Å²) in [5.41, 5.74) is 5.12. The van der Waals surface area contributed by atoms with Gasteiger partial charge in [-0.1, -0.05) is 0 Å². The molecule has 0 unspecified atom stereocenters. The minimum atomic E-state index is -4.76. The van der Waals surface area contributed by atoms with Crippen LogP contribution < -0.4 is 5.73 Å². The second-order valence-corrected chi connectivity index (χ2v) is 4.60. The van der Waals surface area contributed by atoms with E-state index in [0.29, 0.717) is 0 Å². The molecule has 11 nitrogen and oxygen atoms in total. The summed E-state index contributed by atoms with van der Waals surface area (Å²) >= 11 is 0. The van der Waals surface area contributed by atoms with Crippen LogP contribution in [0.3, 0.4) is 0 Å². The molecule has 3 amide bonds. The third kappa shape index (κ3) is 2.17. The third-order valence-electron chi connectivity index (χ3n) is 1.76. The van der Waals surface area contributed by atoms with E-state index in [0.717, 1.165) is 7.11 Å². The lowest BCUT2D eigenvalue weighted by Gasteiger charge is -2.29. The molecule has 0 saturated heterocycles. The maximum absolute atomic E-state index is 11.8. The molecule has 0 saturated carbocycles. The fraction of sp³-hybridized carbons (Fsp3) is 0.333. The molecule has 1 heterocycles. The Balaban J connectivity index is 3.31. The molecular weight excluding hydrogens is 272 g/mol. The Kier molecular flexibility index (Phi) is 3.41. The number of hydrogen-bond donors (Lipinski definition) is 2. The number of amides is 3. The van der Waals surface area contributed by atoms with E-state index in [-0.39, 0.29) is 8.61 Å². The minimum Gasteiger partial charge on any atom is -0.480 e. The number of rotatable bonds is 2. The van der Waals surface area contributed by atoms with Gasteiger partial charge in [0.1, 0.15) is 6.54 Å². The third-order valence-corrected chi connectivity index (χ3v) is 3.40. The van der Waals surface area contributed by atoms with Crippen molar-refractivity contribution in [3.05, 3.63) is 0 Å². The van der Waals surface area contributed by atoms with E-state index in [1.54, 1.807) is 0 Å². The SMILES string of the molecule is COC(=O)N1C(N)=NC(=O)N(CC(=O)O)S1(=O)=O.